The van der Waals surface area contributed by atoms with Crippen molar-refractivity contribution in [3.8, 4) is 0 Å². The summed E-state index contributed by atoms with van der Waals surface area (Å²) >= 11 is 12.8. The molecule has 4 aliphatic rings. The van der Waals surface area contributed by atoms with E-state index in [-0.39, 0.29) is 21.6 Å². The maximum Gasteiger partial charge on any atom is 0.294 e. The van der Waals surface area contributed by atoms with Crippen LogP contribution < -0.4 is 47.4 Å². The Morgan fingerprint density at radius 2 is 1.00 bits per heavy atom. The van der Waals surface area contributed by atoms with Gasteiger partial charge in [-0.2, -0.15) is 9.97 Å². The molecule has 4 heterocycles. The van der Waals surface area contributed by atoms with E-state index in [9.17, 15) is 19.2 Å². The standard InChI is InChI=1S/C29H37ClN7O3P.C29H39ClN7OP.CH4O/c1-19-14-24(36-12-10-29(11-13-36)16-20(17-29)35(2)3)25(37(38)39)15-23(19)33-28-31-18-21(30)27(34-28)32-22-8-6-7-9-26(22)41(4,5)40;1-19-14-25(37-12-10-29(11-13-37)16-20(17-29)36(2)3)22(31)15-24(19)34-28-32-18-21(30)27(35-28)33-23-8-6-7-9-26(23)39(4,5)38;1-2/h6-9,14-15,18,20H,10-13,16-17H2,1-5H3,(H2,31,32,33,34);6-9,14-15,18,20H,10-13,16-17,31H2,1-5H3,(H2,32,33,34,35);2H,1H3. The summed E-state index contributed by atoms with van der Waals surface area (Å²) in [5.74, 6) is 1.40. The Bertz CT molecular complexity index is 3360. The van der Waals surface area contributed by atoms with E-state index in [1.54, 1.807) is 38.9 Å². The average molecular weight is 1200 g/mol. The maximum atomic E-state index is 12.8. The monoisotopic (exact) mass is 1200 g/mol. The third kappa shape index (κ3) is 14.3. The molecule has 2 aromatic heterocycles. The van der Waals surface area contributed by atoms with E-state index in [1.165, 1.54) is 44.7 Å². The number of aromatic nitrogens is 4. The van der Waals surface area contributed by atoms with Gasteiger partial charge >= 0.3 is 0 Å². The third-order valence-corrected chi connectivity index (χ3v) is 20.5. The largest absolute Gasteiger partial charge is 0.400 e. The molecule has 4 fully saturated rings. The number of anilines is 11. The first-order chi connectivity index (χ1) is 38.8. The van der Waals surface area contributed by atoms with Crippen LogP contribution in [-0.4, -0.2) is 140 Å². The van der Waals surface area contributed by atoms with Crippen LogP contribution in [-0.2, 0) is 9.13 Å². The molecule has 0 atom stereocenters. The Balaban J connectivity index is 0.000000209. The molecule has 6 aromatic rings. The number of nitro groups is 1. The summed E-state index contributed by atoms with van der Waals surface area (Å²) in [6, 6.07) is 23.8. The van der Waals surface area contributed by atoms with Crippen LogP contribution in [0.25, 0.3) is 0 Å². The Morgan fingerprint density at radius 1 is 0.622 bits per heavy atom. The summed E-state index contributed by atoms with van der Waals surface area (Å²) in [6.07, 6.45) is 12.6. The van der Waals surface area contributed by atoms with Crippen molar-refractivity contribution in [2.45, 2.75) is 77.3 Å². The Morgan fingerprint density at radius 3 is 1.39 bits per heavy atom. The Labute approximate surface area is 493 Å². The third-order valence-electron chi connectivity index (χ3n) is 16.8. The minimum absolute atomic E-state index is 0.0525. The van der Waals surface area contributed by atoms with Crippen LogP contribution in [0.15, 0.2) is 85.2 Å². The molecule has 0 bridgehead atoms. The average Bonchev–Trinajstić information content (AvgIpc) is 3.62. The number of aryl methyl sites for hydroxylation is 2. The zero-order valence-corrected chi connectivity index (χ0v) is 52.4. The summed E-state index contributed by atoms with van der Waals surface area (Å²) in [6.45, 7) is 14.6. The predicted octanol–water partition coefficient (Wildman–Crippen LogP) is 12.1. The second-order valence-electron chi connectivity index (χ2n) is 23.7. The number of nitro benzene ring substituents is 1. The Kier molecular flexibility index (Phi) is 19.2. The van der Waals surface area contributed by atoms with E-state index in [4.69, 9.17) is 34.0 Å². The summed E-state index contributed by atoms with van der Waals surface area (Å²) in [5.41, 5.74) is 14.7. The van der Waals surface area contributed by atoms with Gasteiger partial charge in [0.05, 0.1) is 45.8 Å². The van der Waals surface area contributed by atoms with Crippen molar-refractivity contribution in [1.82, 2.24) is 29.7 Å². The van der Waals surface area contributed by atoms with Gasteiger partial charge in [-0.1, -0.05) is 47.5 Å². The van der Waals surface area contributed by atoms with Crippen molar-refractivity contribution >= 4 is 117 Å². The molecule has 7 N–H and O–H groups in total. The molecular weight excluding hydrogens is 1120 g/mol. The molecule has 82 heavy (non-hydrogen) atoms. The SMILES string of the molecule is CO.Cc1cc(N2CCC3(CC2)CC(N(C)C)C3)c(N)cc1Nc1ncc(Cl)c(Nc2ccccc2P(C)(C)=O)n1.Cc1cc(N2CCC3(CC2)CC(N(C)C)C3)c([N+](=O)[O-])cc1Nc1ncc(Cl)c(Nc2ccccc2P(C)(C)=O)n1. The van der Waals surface area contributed by atoms with E-state index in [0.717, 1.165) is 85.7 Å². The number of aliphatic hydroxyl groups excluding tert-OH is 1. The molecule has 2 spiro atoms. The molecule has 10 rings (SSSR count). The number of hydrogen-bond donors (Lipinski definition) is 6. The van der Waals surface area contributed by atoms with E-state index >= 15 is 0 Å². The van der Waals surface area contributed by atoms with Gasteiger partial charge in [-0.05, 0) is 184 Å². The minimum Gasteiger partial charge on any atom is -0.400 e. The van der Waals surface area contributed by atoms with Crippen molar-refractivity contribution in [2.24, 2.45) is 10.8 Å². The molecule has 23 heteroatoms. The Hall–Kier alpha value is -6.04. The van der Waals surface area contributed by atoms with Crippen molar-refractivity contribution in [2.75, 3.05) is 125 Å². The van der Waals surface area contributed by atoms with Crippen LogP contribution in [0.5, 0.6) is 0 Å². The zero-order chi connectivity index (χ0) is 59.5. The first-order valence-electron chi connectivity index (χ1n) is 27.7. The lowest BCUT2D eigenvalue weighted by Gasteiger charge is -2.54. The van der Waals surface area contributed by atoms with Crippen LogP contribution in [0.3, 0.4) is 0 Å². The fraction of sp³-hybridized carbons (Fsp3) is 0.458. The molecule has 19 nitrogen and oxygen atoms in total. The molecule has 0 amide bonds. The molecule has 4 aromatic carbocycles. The number of para-hydroxylation sites is 2. The summed E-state index contributed by atoms with van der Waals surface area (Å²) < 4.78 is 25.6. The predicted molar refractivity (Wildman–Crippen MR) is 341 cm³/mol. The smallest absolute Gasteiger partial charge is 0.294 e. The summed E-state index contributed by atoms with van der Waals surface area (Å²) in [7, 11) is 4.59. The lowest BCUT2D eigenvalue weighted by atomic mass is 9.60. The summed E-state index contributed by atoms with van der Waals surface area (Å²) in [5, 5.41) is 34.1. The van der Waals surface area contributed by atoms with Crippen LogP contribution in [0.2, 0.25) is 10.0 Å². The number of piperidine rings is 2. The maximum absolute atomic E-state index is 12.8. The minimum atomic E-state index is -2.56. The van der Waals surface area contributed by atoms with Gasteiger partial charge in [0, 0.05) is 67.7 Å². The van der Waals surface area contributed by atoms with E-state index in [0.29, 0.717) is 67.5 Å². The van der Waals surface area contributed by atoms with Gasteiger partial charge in [0.1, 0.15) is 30.0 Å². The molecule has 0 unspecified atom stereocenters. The van der Waals surface area contributed by atoms with Gasteiger partial charge in [-0.3, -0.25) is 10.1 Å². The fourth-order valence-electron chi connectivity index (χ4n) is 11.8. The number of nitrogen functional groups attached to an aromatic ring is 1. The lowest BCUT2D eigenvalue weighted by Crippen LogP contribution is -2.53. The van der Waals surface area contributed by atoms with Crippen molar-refractivity contribution in [3.05, 3.63) is 116 Å². The highest BCUT2D eigenvalue weighted by molar-refractivity contribution is 7.70. The van der Waals surface area contributed by atoms with Crippen LogP contribution in [0.1, 0.15) is 62.5 Å². The number of benzene rings is 4. The van der Waals surface area contributed by atoms with Gasteiger partial charge in [-0.15, -0.1) is 0 Å². The molecule has 2 aliphatic heterocycles. The first kappa shape index (κ1) is 62.0. The number of nitrogens with two attached hydrogens (primary N) is 1. The fourth-order valence-corrected chi connectivity index (χ4v) is 14.4. The number of rotatable bonds is 15. The number of aliphatic hydroxyl groups is 1. The number of hydrogen-bond acceptors (Lipinski definition) is 18. The van der Waals surface area contributed by atoms with Crippen LogP contribution in [0, 0.1) is 34.8 Å². The topological polar surface area (TPSA) is 236 Å². The van der Waals surface area contributed by atoms with Crippen molar-refractivity contribution in [1.29, 1.82) is 0 Å². The van der Waals surface area contributed by atoms with E-state index in [1.807, 2.05) is 67.6 Å². The highest BCUT2D eigenvalue weighted by Crippen LogP contribution is 2.53. The second-order valence-corrected chi connectivity index (χ2v) is 30.9. The van der Waals surface area contributed by atoms with Crippen molar-refractivity contribution in [3.63, 3.8) is 0 Å². The first-order valence-corrected chi connectivity index (χ1v) is 33.6. The number of nitrogens with one attached hydrogen (secondary N) is 4. The van der Waals surface area contributed by atoms with E-state index < -0.39 is 14.3 Å². The van der Waals surface area contributed by atoms with Crippen molar-refractivity contribution < 1.29 is 19.2 Å². The van der Waals surface area contributed by atoms with E-state index in [2.05, 4.69) is 102 Å². The van der Waals surface area contributed by atoms with Crippen LogP contribution in [0.4, 0.5) is 69.0 Å². The molecule has 2 aliphatic carbocycles. The number of nitrogens with zero attached hydrogens (tertiary/aromatic N) is 9. The molecule has 2 saturated heterocycles. The normalized spacial score (nSPS) is 16.8. The highest BCUT2D eigenvalue weighted by atomic mass is 35.5. The summed E-state index contributed by atoms with van der Waals surface area (Å²) in [4.78, 5) is 38.9. The number of halogens is 2. The van der Waals surface area contributed by atoms with Gasteiger partial charge in [0.2, 0.25) is 11.9 Å². The van der Waals surface area contributed by atoms with Gasteiger partial charge in [0.15, 0.2) is 11.6 Å². The van der Waals surface area contributed by atoms with Gasteiger partial charge < -0.3 is 60.8 Å². The lowest BCUT2D eigenvalue weighted by molar-refractivity contribution is -0.384. The zero-order valence-electron chi connectivity index (χ0n) is 49.1. The molecule has 0 radical (unpaired) electrons. The molecule has 440 valence electrons. The highest BCUT2D eigenvalue weighted by Gasteiger charge is 2.48. The molecular formula is C59H80Cl2N14O5P2. The van der Waals surface area contributed by atoms with Gasteiger partial charge in [0.25, 0.3) is 5.69 Å². The second kappa shape index (κ2) is 25.4. The quantitative estimate of drug-likeness (QED) is 0.0243. The van der Waals surface area contributed by atoms with Gasteiger partial charge in [-0.25, -0.2) is 9.97 Å². The molecule has 2 saturated carbocycles. The van der Waals surface area contributed by atoms with Crippen LogP contribution >= 0.6 is 37.5 Å².